The second-order valence-electron chi connectivity index (χ2n) is 3.82. The minimum atomic E-state index is -0.439. The molecule has 6 nitrogen and oxygen atoms in total. The minimum Gasteiger partial charge on any atom is -0.495 e. The molecule has 0 aliphatic rings. The van der Waals surface area contributed by atoms with Crippen LogP contribution in [0, 0.1) is 10.1 Å². The van der Waals surface area contributed by atoms with Crippen molar-refractivity contribution >= 4 is 11.4 Å². The molecule has 0 fully saturated rings. The molecule has 2 aromatic rings. The molecule has 0 aliphatic carbocycles. The first-order chi connectivity index (χ1) is 9.20. The van der Waals surface area contributed by atoms with Gasteiger partial charge in [0.2, 0.25) is 0 Å². The number of nitrogens with one attached hydrogen (secondary N) is 1. The first kappa shape index (κ1) is 12.8. The van der Waals surface area contributed by atoms with Crippen LogP contribution in [0.15, 0.2) is 42.6 Å². The van der Waals surface area contributed by atoms with E-state index < -0.39 is 4.92 Å². The SMILES string of the molecule is COc1ccc([N+](=O)[O-])cc1NCc1ccccn1. The second kappa shape index (κ2) is 5.81. The van der Waals surface area contributed by atoms with Gasteiger partial charge in [-0.15, -0.1) is 0 Å². The third-order valence-electron chi connectivity index (χ3n) is 2.58. The zero-order chi connectivity index (χ0) is 13.7. The molecule has 0 bridgehead atoms. The predicted molar refractivity (Wildman–Crippen MR) is 71.2 cm³/mol. The summed E-state index contributed by atoms with van der Waals surface area (Å²) in [6.45, 7) is 0.471. The number of nitrogens with zero attached hydrogens (tertiary/aromatic N) is 2. The van der Waals surface area contributed by atoms with E-state index in [0.717, 1.165) is 5.69 Å². The van der Waals surface area contributed by atoms with Gasteiger partial charge in [0.1, 0.15) is 5.75 Å². The molecule has 0 unspecified atom stereocenters. The zero-order valence-corrected chi connectivity index (χ0v) is 10.4. The lowest BCUT2D eigenvalue weighted by molar-refractivity contribution is -0.384. The number of pyridine rings is 1. The van der Waals surface area contributed by atoms with Crippen LogP contribution in [0.3, 0.4) is 0 Å². The normalized spacial score (nSPS) is 9.95. The Labute approximate surface area is 110 Å². The number of nitro groups is 1. The Balaban J connectivity index is 2.18. The van der Waals surface area contributed by atoms with Crippen molar-refractivity contribution in [3.63, 3.8) is 0 Å². The topological polar surface area (TPSA) is 77.3 Å². The van der Waals surface area contributed by atoms with E-state index in [1.165, 1.54) is 19.2 Å². The average Bonchev–Trinajstić information content (AvgIpc) is 2.45. The minimum absolute atomic E-state index is 0.0179. The quantitative estimate of drug-likeness (QED) is 0.659. The van der Waals surface area contributed by atoms with Gasteiger partial charge >= 0.3 is 0 Å². The number of methoxy groups -OCH3 is 1. The highest BCUT2D eigenvalue weighted by molar-refractivity contribution is 5.61. The molecule has 2 rings (SSSR count). The molecule has 0 atom stereocenters. The van der Waals surface area contributed by atoms with Gasteiger partial charge in [0.15, 0.2) is 0 Å². The highest BCUT2D eigenvalue weighted by atomic mass is 16.6. The standard InChI is InChI=1S/C13H13N3O3/c1-19-13-6-5-11(16(17)18)8-12(13)15-9-10-4-2-3-7-14-10/h2-8,15H,9H2,1H3. The summed E-state index contributed by atoms with van der Waals surface area (Å²) >= 11 is 0. The molecule has 0 saturated heterocycles. The Morgan fingerprint density at radius 2 is 2.21 bits per heavy atom. The molecular weight excluding hydrogens is 246 g/mol. The lowest BCUT2D eigenvalue weighted by Crippen LogP contribution is -2.03. The highest BCUT2D eigenvalue weighted by Gasteiger charge is 2.11. The van der Waals surface area contributed by atoms with Gasteiger partial charge in [0, 0.05) is 18.3 Å². The largest absolute Gasteiger partial charge is 0.495 e. The molecule has 1 N–H and O–H groups in total. The first-order valence-electron chi connectivity index (χ1n) is 5.67. The molecule has 0 aliphatic heterocycles. The highest BCUT2D eigenvalue weighted by Crippen LogP contribution is 2.29. The average molecular weight is 259 g/mol. The van der Waals surface area contributed by atoms with E-state index in [0.29, 0.717) is 18.0 Å². The summed E-state index contributed by atoms with van der Waals surface area (Å²) in [6, 6.07) is 10.0. The fourth-order valence-electron chi connectivity index (χ4n) is 1.64. The van der Waals surface area contributed by atoms with Gasteiger partial charge in [-0.2, -0.15) is 0 Å². The van der Waals surface area contributed by atoms with Crippen LogP contribution in [0.25, 0.3) is 0 Å². The third-order valence-corrected chi connectivity index (χ3v) is 2.58. The van der Waals surface area contributed by atoms with Crippen molar-refractivity contribution in [2.75, 3.05) is 12.4 Å². The molecule has 0 saturated carbocycles. The van der Waals surface area contributed by atoms with Crippen LogP contribution in [0.2, 0.25) is 0 Å². The van der Waals surface area contributed by atoms with Gasteiger partial charge in [-0.25, -0.2) is 0 Å². The molecule has 6 heteroatoms. The summed E-state index contributed by atoms with van der Waals surface area (Å²) < 4.78 is 5.16. The number of hydrogen-bond donors (Lipinski definition) is 1. The van der Waals surface area contributed by atoms with E-state index in [2.05, 4.69) is 10.3 Å². The van der Waals surface area contributed by atoms with Gasteiger partial charge in [-0.3, -0.25) is 15.1 Å². The Morgan fingerprint density at radius 1 is 1.37 bits per heavy atom. The molecule has 1 heterocycles. The summed E-state index contributed by atoms with van der Waals surface area (Å²) in [4.78, 5) is 14.5. The van der Waals surface area contributed by atoms with Crippen LogP contribution in [0.4, 0.5) is 11.4 Å². The van der Waals surface area contributed by atoms with Crippen LogP contribution in [0.5, 0.6) is 5.75 Å². The maximum absolute atomic E-state index is 10.8. The number of rotatable bonds is 5. The molecule has 98 valence electrons. The van der Waals surface area contributed by atoms with E-state index in [1.807, 2.05) is 18.2 Å². The second-order valence-corrected chi connectivity index (χ2v) is 3.82. The van der Waals surface area contributed by atoms with E-state index in [4.69, 9.17) is 4.74 Å². The maximum atomic E-state index is 10.8. The number of nitro benzene ring substituents is 1. The lowest BCUT2D eigenvalue weighted by atomic mass is 10.2. The van der Waals surface area contributed by atoms with Crippen molar-refractivity contribution in [2.45, 2.75) is 6.54 Å². The van der Waals surface area contributed by atoms with E-state index >= 15 is 0 Å². The molecule has 1 aromatic heterocycles. The Bertz CT molecular complexity index is 573. The molecule has 0 radical (unpaired) electrons. The van der Waals surface area contributed by atoms with Gasteiger partial charge in [0.25, 0.3) is 5.69 Å². The van der Waals surface area contributed by atoms with Crippen molar-refractivity contribution in [1.82, 2.24) is 4.98 Å². The van der Waals surface area contributed by atoms with Crippen molar-refractivity contribution in [1.29, 1.82) is 0 Å². The summed E-state index contributed by atoms with van der Waals surface area (Å²) in [6.07, 6.45) is 1.70. The van der Waals surface area contributed by atoms with Gasteiger partial charge in [0.05, 0.1) is 30.0 Å². The van der Waals surface area contributed by atoms with Gasteiger partial charge in [-0.1, -0.05) is 6.07 Å². The van der Waals surface area contributed by atoms with E-state index in [9.17, 15) is 10.1 Å². The van der Waals surface area contributed by atoms with Crippen LogP contribution in [-0.2, 0) is 6.54 Å². The fraction of sp³-hybridized carbons (Fsp3) is 0.154. The van der Waals surface area contributed by atoms with Crippen LogP contribution in [0.1, 0.15) is 5.69 Å². The smallest absolute Gasteiger partial charge is 0.271 e. The monoisotopic (exact) mass is 259 g/mol. The van der Waals surface area contributed by atoms with Gasteiger partial charge in [-0.05, 0) is 18.2 Å². The fourth-order valence-corrected chi connectivity index (χ4v) is 1.64. The third kappa shape index (κ3) is 3.19. The summed E-state index contributed by atoms with van der Waals surface area (Å²) in [7, 11) is 1.52. The van der Waals surface area contributed by atoms with Crippen molar-refractivity contribution in [3.8, 4) is 5.75 Å². The number of anilines is 1. The molecule has 0 spiro atoms. The van der Waals surface area contributed by atoms with Crippen LogP contribution in [-0.4, -0.2) is 17.0 Å². The number of hydrogen-bond acceptors (Lipinski definition) is 5. The van der Waals surface area contributed by atoms with E-state index in [-0.39, 0.29) is 5.69 Å². The van der Waals surface area contributed by atoms with Crippen LogP contribution < -0.4 is 10.1 Å². The summed E-state index contributed by atoms with van der Waals surface area (Å²) in [5, 5.41) is 13.8. The molecular formula is C13H13N3O3. The molecule has 1 aromatic carbocycles. The maximum Gasteiger partial charge on any atom is 0.271 e. The molecule has 19 heavy (non-hydrogen) atoms. The Kier molecular flexibility index (Phi) is 3.92. The number of ether oxygens (including phenoxy) is 1. The zero-order valence-electron chi connectivity index (χ0n) is 10.4. The van der Waals surface area contributed by atoms with Crippen LogP contribution >= 0.6 is 0 Å². The van der Waals surface area contributed by atoms with Crippen molar-refractivity contribution < 1.29 is 9.66 Å². The predicted octanol–water partition coefficient (Wildman–Crippen LogP) is 2.61. The number of benzene rings is 1. The summed E-state index contributed by atoms with van der Waals surface area (Å²) in [5.74, 6) is 0.557. The summed E-state index contributed by atoms with van der Waals surface area (Å²) in [5.41, 5.74) is 1.43. The lowest BCUT2D eigenvalue weighted by Gasteiger charge is -2.10. The molecule has 0 amide bonds. The van der Waals surface area contributed by atoms with Crippen molar-refractivity contribution in [3.05, 3.63) is 58.4 Å². The van der Waals surface area contributed by atoms with E-state index in [1.54, 1.807) is 12.3 Å². The Morgan fingerprint density at radius 3 is 2.84 bits per heavy atom. The Hall–Kier alpha value is -2.63. The number of aromatic nitrogens is 1. The number of non-ortho nitro benzene ring substituents is 1. The van der Waals surface area contributed by atoms with Gasteiger partial charge < -0.3 is 10.1 Å². The first-order valence-corrected chi connectivity index (χ1v) is 5.67. The van der Waals surface area contributed by atoms with Crippen molar-refractivity contribution in [2.24, 2.45) is 0 Å².